The highest BCUT2D eigenvalue weighted by Gasteiger charge is 2.49. The summed E-state index contributed by atoms with van der Waals surface area (Å²) in [6.07, 6.45) is 1.63. The van der Waals surface area contributed by atoms with Gasteiger partial charge in [0.1, 0.15) is 6.04 Å². The fourth-order valence-electron chi connectivity index (χ4n) is 4.15. The van der Waals surface area contributed by atoms with E-state index < -0.39 is 6.04 Å². The molecule has 2 fully saturated rings. The number of ether oxygens (including phenoxy) is 2. The highest BCUT2D eigenvalue weighted by atomic mass is 16.5. The lowest BCUT2D eigenvalue weighted by Gasteiger charge is -2.28. The summed E-state index contributed by atoms with van der Waals surface area (Å²) in [5, 5.41) is 0. The number of carbonyl (C=O) groups excluding carboxylic acids is 3. The van der Waals surface area contributed by atoms with Gasteiger partial charge in [-0.2, -0.15) is 0 Å². The van der Waals surface area contributed by atoms with E-state index in [-0.39, 0.29) is 30.2 Å². The summed E-state index contributed by atoms with van der Waals surface area (Å²) in [6.45, 7) is 4.18. The van der Waals surface area contributed by atoms with Crippen LogP contribution in [0.3, 0.4) is 0 Å². The van der Waals surface area contributed by atoms with Crippen molar-refractivity contribution in [3.05, 3.63) is 53.6 Å². The maximum atomic E-state index is 13.4. The molecular weight excluding hydrogens is 408 g/mol. The molecule has 2 aromatic carbocycles. The first-order chi connectivity index (χ1) is 15.3. The third kappa shape index (κ3) is 3.95. The van der Waals surface area contributed by atoms with Crippen LogP contribution in [0.15, 0.2) is 42.5 Å². The zero-order chi connectivity index (χ0) is 23.0. The fourth-order valence-corrected chi connectivity index (χ4v) is 4.15. The lowest BCUT2D eigenvalue weighted by atomic mass is 10.0. The summed E-state index contributed by atoms with van der Waals surface area (Å²) in [5.74, 6) is 0.388. The van der Waals surface area contributed by atoms with Crippen LogP contribution < -0.4 is 14.4 Å². The molecule has 1 aliphatic carbocycles. The number of rotatable bonds is 7. The smallest absolute Gasteiger partial charge is 0.257 e. The first-order valence-electron chi connectivity index (χ1n) is 10.9. The fraction of sp³-hybridized carbons (Fsp3) is 0.400. The van der Waals surface area contributed by atoms with Crippen molar-refractivity contribution < 1.29 is 23.9 Å². The molecule has 1 unspecified atom stereocenters. The predicted molar refractivity (Wildman–Crippen MR) is 120 cm³/mol. The number of methoxy groups -OCH3 is 2. The van der Waals surface area contributed by atoms with E-state index >= 15 is 0 Å². The van der Waals surface area contributed by atoms with E-state index in [9.17, 15) is 14.4 Å². The van der Waals surface area contributed by atoms with E-state index in [0.29, 0.717) is 28.7 Å². The van der Waals surface area contributed by atoms with Crippen molar-refractivity contribution in [3.63, 3.8) is 0 Å². The molecule has 0 radical (unpaired) electrons. The Morgan fingerprint density at radius 1 is 1.00 bits per heavy atom. The standard InChI is InChI=1S/C25H28N2O5/c1-15(2)16-5-8-19(9-6-16)27-23(28)14-20(25(27)30)26(18-10-11-18)24(29)17-7-12-21(31-3)22(13-17)32-4/h5-9,12-13,15,18,20H,10-11,14H2,1-4H3. The van der Waals surface area contributed by atoms with Crippen LogP contribution in [0.1, 0.15) is 54.9 Å². The number of benzene rings is 2. The van der Waals surface area contributed by atoms with Gasteiger partial charge in [-0.15, -0.1) is 0 Å². The molecule has 1 heterocycles. The second-order valence-corrected chi connectivity index (χ2v) is 8.55. The summed E-state index contributed by atoms with van der Waals surface area (Å²) in [7, 11) is 3.04. The molecule has 1 atom stereocenters. The van der Waals surface area contributed by atoms with Crippen molar-refractivity contribution in [2.24, 2.45) is 0 Å². The highest BCUT2D eigenvalue weighted by Crippen LogP contribution is 2.36. The van der Waals surface area contributed by atoms with Crippen LogP contribution in [-0.2, 0) is 9.59 Å². The summed E-state index contributed by atoms with van der Waals surface area (Å²) in [4.78, 5) is 42.4. The Kier molecular flexibility index (Phi) is 5.91. The van der Waals surface area contributed by atoms with Gasteiger partial charge in [-0.05, 0) is 54.7 Å². The maximum absolute atomic E-state index is 13.4. The predicted octanol–water partition coefficient (Wildman–Crippen LogP) is 3.76. The molecule has 1 saturated carbocycles. The zero-order valence-electron chi connectivity index (χ0n) is 18.8. The molecule has 3 amide bonds. The summed E-state index contributed by atoms with van der Waals surface area (Å²) < 4.78 is 10.6. The van der Waals surface area contributed by atoms with Gasteiger partial charge in [0, 0.05) is 11.6 Å². The largest absolute Gasteiger partial charge is 0.493 e. The molecule has 32 heavy (non-hydrogen) atoms. The van der Waals surface area contributed by atoms with E-state index in [4.69, 9.17) is 9.47 Å². The molecule has 4 rings (SSSR count). The second kappa shape index (κ2) is 8.65. The van der Waals surface area contributed by atoms with Crippen LogP contribution in [0.2, 0.25) is 0 Å². The van der Waals surface area contributed by atoms with Gasteiger partial charge >= 0.3 is 0 Å². The molecular formula is C25H28N2O5. The molecule has 7 nitrogen and oxygen atoms in total. The van der Waals surface area contributed by atoms with Gasteiger partial charge in [-0.3, -0.25) is 14.4 Å². The Balaban J connectivity index is 1.61. The normalized spacial score (nSPS) is 18.3. The minimum Gasteiger partial charge on any atom is -0.493 e. The highest BCUT2D eigenvalue weighted by molar-refractivity contribution is 6.23. The number of anilines is 1. The van der Waals surface area contributed by atoms with Crippen molar-refractivity contribution in [3.8, 4) is 11.5 Å². The van der Waals surface area contributed by atoms with Gasteiger partial charge in [0.2, 0.25) is 5.91 Å². The average molecular weight is 437 g/mol. The van der Waals surface area contributed by atoms with E-state index in [0.717, 1.165) is 18.4 Å². The first kappa shape index (κ1) is 21.9. The molecule has 0 aromatic heterocycles. The third-order valence-electron chi connectivity index (χ3n) is 6.08. The third-order valence-corrected chi connectivity index (χ3v) is 6.08. The molecule has 7 heteroatoms. The van der Waals surface area contributed by atoms with Gasteiger partial charge in [0.25, 0.3) is 11.8 Å². The van der Waals surface area contributed by atoms with Gasteiger partial charge in [-0.25, -0.2) is 4.90 Å². The zero-order valence-corrected chi connectivity index (χ0v) is 18.8. The molecule has 1 aliphatic heterocycles. The van der Waals surface area contributed by atoms with Gasteiger partial charge in [-0.1, -0.05) is 26.0 Å². The molecule has 2 aromatic rings. The number of amides is 3. The van der Waals surface area contributed by atoms with E-state index in [1.165, 1.54) is 19.1 Å². The number of carbonyl (C=O) groups is 3. The lowest BCUT2D eigenvalue weighted by Crippen LogP contribution is -2.46. The SMILES string of the molecule is COc1ccc(C(=O)N(C2CC2)C2CC(=O)N(c3ccc(C(C)C)cc3)C2=O)cc1OC. The molecule has 1 saturated heterocycles. The number of imide groups is 1. The van der Waals surface area contributed by atoms with Crippen LogP contribution in [0.5, 0.6) is 11.5 Å². The van der Waals surface area contributed by atoms with Crippen LogP contribution >= 0.6 is 0 Å². The van der Waals surface area contributed by atoms with E-state index in [1.807, 2.05) is 12.1 Å². The minimum atomic E-state index is -0.805. The first-order valence-corrected chi connectivity index (χ1v) is 10.9. The van der Waals surface area contributed by atoms with Crippen LogP contribution in [0, 0.1) is 0 Å². The quantitative estimate of drug-likeness (QED) is 0.618. The van der Waals surface area contributed by atoms with Crippen LogP contribution in [0.4, 0.5) is 5.69 Å². The van der Waals surface area contributed by atoms with E-state index in [2.05, 4.69) is 13.8 Å². The summed E-state index contributed by atoms with van der Waals surface area (Å²) in [6, 6.07) is 11.5. The lowest BCUT2D eigenvalue weighted by molar-refractivity contribution is -0.122. The van der Waals surface area contributed by atoms with Crippen molar-refractivity contribution in [1.29, 1.82) is 0 Å². The Labute approximate surface area is 187 Å². The van der Waals surface area contributed by atoms with Crippen LogP contribution in [-0.4, -0.2) is 48.9 Å². The minimum absolute atomic E-state index is 0.0136. The van der Waals surface area contributed by atoms with Gasteiger partial charge in [0.05, 0.1) is 26.3 Å². The number of hydrogen-bond donors (Lipinski definition) is 0. The van der Waals surface area contributed by atoms with Crippen molar-refractivity contribution in [2.45, 2.75) is 51.1 Å². The van der Waals surface area contributed by atoms with Crippen LogP contribution in [0.25, 0.3) is 0 Å². The van der Waals surface area contributed by atoms with Crippen molar-refractivity contribution >= 4 is 23.4 Å². The Bertz CT molecular complexity index is 1040. The molecule has 2 aliphatic rings. The van der Waals surface area contributed by atoms with Crippen molar-refractivity contribution in [1.82, 2.24) is 4.90 Å². The topological polar surface area (TPSA) is 76.2 Å². The van der Waals surface area contributed by atoms with E-state index in [1.54, 1.807) is 35.2 Å². The molecule has 0 bridgehead atoms. The number of nitrogens with zero attached hydrogens (tertiary/aromatic N) is 2. The maximum Gasteiger partial charge on any atom is 0.257 e. The Hall–Kier alpha value is -3.35. The summed E-state index contributed by atoms with van der Waals surface area (Å²) >= 11 is 0. The molecule has 0 spiro atoms. The number of hydrogen-bond acceptors (Lipinski definition) is 5. The second-order valence-electron chi connectivity index (χ2n) is 8.55. The monoisotopic (exact) mass is 436 g/mol. The Morgan fingerprint density at radius 3 is 2.22 bits per heavy atom. The van der Waals surface area contributed by atoms with Crippen molar-refractivity contribution in [2.75, 3.05) is 19.1 Å². The molecule has 0 N–H and O–H groups in total. The summed E-state index contributed by atoms with van der Waals surface area (Å²) in [5.41, 5.74) is 2.07. The average Bonchev–Trinajstić information content (AvgIpc) is 3.58. The Morgan fingerprint density at radius 2 is 1.66 bits per heavy atom. The van der Waals surface area contributed by atoms with Gasteiger partial charge in [0.15, 0.2) is 11.5 Å². The van der Waals surface area contributed by atoms with Gasteiger partial charge < -0.3 is 14.4 Å². The molecule has 168 valence electrons.